The number of ether oxygens (including phenoxy) is 1. The molecule has 0 fully saturated rings. The summed E-state index contributed by atoms with van der Waals surface area (Å²) in [6.07, 6.45) is 1.66. The second-order valence-electron chi connectivity index (χ2n) is 4.10. The van der Waals surface area contributed by atoms with E-state index in [2.05, 4.69) is 15.3 Å². The van der Waals surface area contributed by atoms with Gasteiger partial charge in [-0.15, -0.1) is 0 Å². The number of aryl methyl sites for hydroxylation is 2. The number of carbonyl (C=O) groups excluding carboxylic acids is 1. The fourth-order valence-corrected chi connectivity index (χ4v) is 1.68. The van der Waals surface area contributed by atoms with Crippen molar-refractivity contribution in [2.75, 3.05) is 18.2 Å². The molecule has 0 aliphatic rings. The summed E-state index contributed by atoms with van der Waals surface area (Å²) in [5, 5.41) is 2.61. The van der Waals surface area contributed by atoms with Gasteiger partial charge in [-0.1, -0.05) is 0 Å². The molecule has 1 amide bonds. The number of hydrogen-bond donors (Lipinski definition) is 2. The molecule has 0 spiro atoms. The number of carbonyl (C=O) groups is 1. The van der Waals surface area contributed by atoms with Crippen molar-refractivity contribution < 1.29 is 9.53 Å². The maximum atomic E-state index is 12.1. The van der Waals surface area contributed by atoms with E-state index in [0.717, 1.165) is 0 Å². The zero-order valence-corrected chi connectivity index (χ0v) is 11.0. The smallest absolute Gasteiger partial charge is 0.274 e. The molecule has 7 heteroatoms. The minimum Gasteiger partial charge on any atom is -0.481 e. The number of nitrogen functional groups attached to an aromatic ring is 1. The van der Waals surface area contributed by atoms with Crippen molar-refractivity contribution in [2.24, 2.45) is 7.05 Å². The van der Waals surface area contributed by atoms with Gasteiger partial charge in [0.05, 0.1) is 12.8 Å². The molecule has 2 rings (SSSR count). The molecule has 7 nitrogen and oxygen atoms in total. The van der Waals surface area contributed by atoms with E-state index in [4.69, 9.17) is 10.5 Å². The van der Waals surface area contributed by atoms with Crippen molar-refractivity contribution in [1.29, 1.82) is 0 Å². The maximum Gasteiger partial charge on any atom is 0.274 e. The normalized spacial score (nSPS) is 10.3. The number of nitrogens with two attached hydrogens (primary N) is 1. The molecule has 100 valence electrons. The highest BCUT2D eigenvalue weighted by Crippen LogP contribution is 2.14. The van der Waals surface area contributed by atoms with Crippen LogP contribution in [0.4, 0.5) is 11.6 Å². The second kappa shape index (κ2) is 4.97. The van der Waals surface area contributed by atoms with E-state index >= 15 is 0 Å². The van der Waals surface area contributed by atoms with Crippen molar-refractivity contribution in [3.8, 4) is 5.88 Å². The van der Waals surface area contributed by atoms with Gasteiger partial charge >= 0.3 is 0 Å². The van der Waals surface area contributed by atoms with Crippen LogP contribution in [0.2, 0.25) is 0 Å². The van der Waals surface area contributed by atoms with Gasteiger partial charge in [-0.2, -0.15) is 4.98 Å². The summed E-state index contributed by atoms with van der Waals surface area (Å²) in [4.78, 5) is 20.2. The molecule has 0 atom stereocenters. The molecule has 2 heterocycles. The lowest BCUT2D eigenvalue weighted by Crippen LogP contribution is -2.17. The van der Waals surface area contributed by atoms with Crippen LogP contribution >= 0.6 is 0 Å². The Morgan fingerprint density at radius 3 is 2.74 bits per heavy atom. The average Bonchev–Trinajstić information content (AvgIpc) is 2.67. The molecule has 0 saturated carbocycles. The molecule has 0 bridgehead atoms. The van der Waals surface area contributed by atoms with Gasteiger partial charge in [0.1, 0.15) is 5.69 Å². The summed E-state index contributed by atoms with van der Waals surface area (Å²) in [6, 6.07) is 3.26. The van der Waals surface area contributed by atoms with Crippen LogP contribution in [0.5, 0.6) is 5.88 Å². The SMILES string of the molecule is COc1cc(C)nc(NC(=O)c2cc(N)cn2C)n1. The zero-order valence-electron chi connectivity index (χ0n) is 11.0. The molecule has 2 aromatic heterocycles. The molecule has 0 unspecified atom stereocenters. The molecule has 0 aromatic carbocycles. The Kier molecular flexibility index (Phi) is 3.37. The highest BCUT2D eigenvalue weighted by atomic mass is 16.5. The quantitative estimate of drug-likeness (QED) is 0.858. The third-order valence-electron chi connectivity index (χ3n) is 2.52. The monoisotopic (exact) mass is 261 g/mol. The topological polar surface area (TPSA) is 95.1 Å². The molecule has 2 aromatic rings. The van der Waals surface area contributed by atoms with Crippen LogP contribution in [-0.4, -0.2) is 27.6 Å². The van der Waals surface area contributed by atoms with E-state index < -0.39 is 0 Å². The lowest BCUT2D eigenvalue weighted by molar-refractivity contribution is 0.101. The van der Waals surface area contributed by atoms with Gasteiger partial charge < -0.3 is 15.0 Å². The van der Waals surface area contributed by atoms with Crippen molar-refractivity contribution in [2.45, 2.75) is 6.92 Å². The largest absolute Gasteiger partial charge is 0.481 e. The Morgan fingerprint density at radius 2 is 2.16 bits per heavy atom. The summed E-state index contributed by atoms with van der Waals surface area (Å²) in [6.45, 7) is 1.79. The molecule has 0 radical (unpaired) electrons. The summed E-state index contributed by atoms with van der Waals surface area (Å²) < 4.78 is 6.66. The Labute approximate surface area is 110 Å². The van der Waals surface area contributed by atoms with Crippen molar-refractivity contribution >= 4 is 17.5 Å². The number of hydrogen-bond acceptors (Lipinski definition) is 5. The molecule has 0 aliphatic carbocycles. The van der Waals surface area contributed by atoms with Crippen LogP contribution in [0.1, 0.15) is 16.2 Å². The first kappa shape index (κ1) is 12.9. The first-order valence-corrected chi connectivity index (χ1v) is 5.62. The first-order valence-electron chi connectivity index (χ1n) is 5.62. The standard InChI is InChI=1S/C12H15N5O2/c1-7-4-10(19-3)15-12(14-7)16-11(18)9-5-8(13)6-17(9)2/h4-6H,13H2,1-3H3,(H,14,15,16,18). The van der Waals surface area contributed by atoms with Gasteiger partial charge in [-0.25, -0.2) is 4.98 Å². The van der Waals surface area contributed by atoms with Crippen molar-refractivity contribution in [3.05, 3.63) is 29.7 Å². The van der Waals surface area contributed by atoms with Crippen molar-refractivity contribution in [1.82, 2.24) is 14.5 Å². The van der Waals surface area contributed by atoms with E-state index in [0.29, 0.717) is 23.0 Å². The number of rotatable bonds is 3. The molecule has 3 N–H and O–H groups in total. The number of nitrogens with zero attached hydrogens (tertiary/aromatic N) is 3. The number of anilines is 2. The maximum absolute atomic E-state index is 12.1. The first-order chi connectivity index (χ1) is 8.99. The number of amides is 1. The van der Waals surface area contributed by atoms with Gasteiger partial charge in [0.2, 0.25) is 11.8 Å². The lowest BCUT2D eigenvalue weighted by atomic mass is 10.4. The predicted octanol–water partition coefficient (Wildman–Crippen LogP) is 0.967. The van der Waals surface area contributed by atoms with Crippen LogP contribution in [0.25, 0.3) is 0 Å². The van der Waals surface area contributed by atoms with E-state index in [9.17, 15) is 4.79 Å². The van der Waals surface area contributed by atoms with Gasteiger partial charge in [0.25, 0.3) is 5.91 Å². The van der Waals surface area contributed by atoms with Gasteiger partial charge in [0.15, 0.2) is 0 Å². The Bertz CT molecular complexity index is 621. The van der Waals surface area contributed by atoms with E-state index in [-0.39, 0.29) is 11.9 Å². The molecular formula is C12H15N5O2. The van der Waals surface area contributed by atoms with Crippen LogP contribution < -0.4 is 15.8 Å². The van der Waals surface area contributed by atoms with Gasteiger partial charge in [-0.05, 0) is 13.0 Å². The highest BCUT2D eigenvalue weighted by molar-refractivity contribution is 6.02. The third-order valence-corrected chi connectivity index (χ3v) is 2.52. The number of aromatic nitrogens is 3. The summed E-state index contributed by atoms with van der Waals surface area (Å²) >= 11 is 0. The van der Waals surface area contributed by atoms with Crippen LogP contribution in [0, 0.1) is 6.92 Å². The summed E-state index contributed by atoms with van der Waals surface area (Å²) in [5.74, 6) is 0.266. The molecule has 0 aliphatic heterocycles. The molecular weight excluding hydrogens is 246 g/mol. The number of nitrogens with one attached hydrogen (secondary N) is 1. The van der Waals surface area contributed by atoms with Gasteiger partial charge in [0, 0.05) is 25.0 Å². The molecule has 0 saturated heterocycles. The fraction of sp³-hybridized carbons (Fsp3) is 0.250. The predicted molar refractivity (Wildman–Crippen MR) is 71.1 cm³/mol. The zero-order chi connectivity index (χ0) is 14.0. The Hall–Kier alpha value is -2.57. The van der Waals surface area contributed by atoms with E-state index in [1.54, 1.807) is 36.9 Å². The summed E-state index contributed by atoms with van der Waals surface area (Å²) in [5.41, 5.74) is 7.29. The lowest BCUT2D eigenvalue weighted by Gasteiger charge is -2.07. The second-order valence-corrected chi connectivity index (χ2v) is 4.10. The van der Waals surface area contributed by atoms with Gasteiger partial charge in [-0.3, -0.25) is 10.1 Å². The summed E-state index contributed by atoms with van der Waals surface area (Å²) in [7, 11) is 3.24. The van der Waals surface area contributed by atoms with Crippen molar-refractivity contribution in [3.63, 3.8) is 0 Å². The Balaban J connectivity index is 2.23. The van der Waals surface area contributed by atoms with E-state index in [1.807, 2.05) is 0 Å². The fourth-order valence-electron chi connectivity index (χ4n) is 1.68. The Morgan fingerprint density at radius 1 is 1.42 bits per heavy atom. The minimum atomic E-state index is -0.327. The average molecular weight is 261 g/mol. The van der Waals surface area contributed by atoms with Crippen LogP contribution in [0.15, 0.2) is 18.3 Å². The van der Waals surface area contributed by atoms with Crippen LogP contribution in [-0.2, 0) is 7.05 Å². The van der Waals surface area contributed by atoms with E-state index in [1.165, 1.54) is 7.11 Å². The number of methoxy groups -OCH3 is 1. The molecule has 19 heavy (non-hydrogen) atoms. The third kappa shape index (κ3) is 2.82. The van der Waals surface area contributed by atoms with Crippen LogP contribution in [0.3, 0.4) is 0 Å². The highest BCUT2D eigenvalue weighted by Gasteiger charge is 2.13. The minimum absolute atomic E-state index is 0.196.